The Balaban J connectivity index is 1.85. The standard InChI is InChI=1S/C17H22N2O6S/c1-17(2)13(14(17)16(21)22)15(20)18-10-5-6-12(25-3)11(9-10)19-7-4-8-26(19,23)24/h5-6,9,13-14H,4,7-8H2,1-3H3,(H,18,20)(H,21,22)/t13-,14-/m1/s1. The molecule has 1 aliphatic heterocycles. The summed E-state index contributed by atoms with van der Waals surface area (Å²) >= 11 is 0. The summed E-state index contributed by atoms with van der Waals surface area (Å²) < 4.78 is 30.9. The van der Waals surface area contributed by atoms with Gasteiger partial charge in [-0.15, -0.1) is 0 Å². The van der Waals surface area contributed by atoms with Crippen molar-refractivity contribution in [1.29, 1.82) is 0 Å². The van der Waals surface area contributed by atoms with E-state index >= 15 is 0 Å². The van der Waals surface area contributed by atoms with Crippen molar-refractivity contribution >= 4 is 33.3 Å². The van der Waals surface area contributed by atoms with E-state index in [1.165, 1.54) is 11.4 Å². The minimum absolute atomic E-state index is 0.0727. The Hall–Kier alpha value is -2.29. The van der Waals surface area contributed by atoms with Crippen LogP contribution >= 0.6 is 0 Å². The van der Waals surface area contributed by atoms with Gasteiger partial charge in [0.15, 0.2) is 0 Å². The molecular weight excluding hydrogens is 360 g/mol. The lowest BCUT2D eigenvalue weighted by atomic mass is 10.1. The molecule has 142 valence electrons. The van der Waals surface area contributed by atoms with Gasteiger partial charge in [-0.2, -0.15) is 0 Å². The van der Waals surface area contributed by atoms with E-state index < -0.39 is 33.2 Å². The topological polar surface area (TPSA) is 113 Å². The highest BCUT2D eigenvalue weighted by Gasteiger charge is 2.65. The molecule has 0 aromatic heterocycles. The number of carbonyl (C=O) groups excluding carboxylic acids is 1. The smallest absolute Gasteiger partial charge is 0.307 e. The number of methoxy groups -OCH3 is 1. The fraction of sp³-hybridized carbons (Fsp3) is 0.529. The van der Waals surface area contributed by atoms with Gasteiger partial charge in [0.05, 0.1) is 30.4 Å². The summed E-state index contributed by atoms with van der Waals surface area (Å²) in [5.74, 6) is -2.26. The highest BCUT2D eigenvalue weighted by atomic mass is 32.2. The first-order valence-corrected chi connectivity index (χ1v) is 9.92. The number of sulfonamides is 1. The van der Waals surface area contributed by atoms with E-state index in [2.05, 4.69) is 5.32 Å². The predicted molar refractivity (Wildman–Crippen MR) is 95.8 cm³/mol. The van der Waals surface area contributed by atoms with Gasteiger partial charge in [0.25, 0.3) is 0 Å². The van der Waals surface area contributed by atoms with Gasteiger partial charge in [-0.3, -0.25) is 13.9 Å². The minimum atomic E-state index is -3.40. The molecule has 2 aliphatic rings. The molecule has 26 heavy (non-hydrogen) atoms. The van der Waals surface area contributed by atoms with Crippen LogP contribution in [0.3, 0.4) is 0 Å². The van der Waals surface area contributed by atoms with Crippen LogP contribution in [0, 0.1) is 17.3 Å². The lowest BCUT2D eigenvalue weighted by molar-refractivity contribution is -0.140. The first-order valence-electron chi connectivity index (χ1n) is 8.31. The molecule has 1 heterocycles. The van der Waals surface area contributed by atoms with Crippen LogP contribution in [0.2, 0.25) is 0 Å². The monoisotopic (exact) mass is 382 g/mol. The lowest BCUT2D eigenvalue weighted by Crippen LogP contribution is -2.26. The molecule has 9 heteroatoms. The maximum absolute atomic E-state index is 12.5. The summed E-state index contributed by atoms with van der Waals surface area (Å²) in [6.45, 7) is 3.84. The van der Waals surface area contributed by atoms with Crippen molar-refractivity contribution in [2.24, 2.45) is 17.3 Å². The Bertz CT molecular complexity index is 864. The number of ether oxygens (including phenoxy) is 1. The average molecular weight is 382 g/mol. The molecule has 1 amide bonds. The van der Waals surface area contributed by atoms with E-state index in [1.807, 2.05) is 0 Å². The summed E-state index contributed by atoms with van der Waals surface area (Å²) in [6.07, 6.45) is 0.526. The number of nitrogens with zero attached hydrogens (tertiary/aromatic N) is 1. The van der Waals surface area contributed by atoms with Crippen LogP contribution < -0.4 is 14.4 Å². The zero-order chi connectivity index (χ0) is 19.3. The minimum Gasteiger partial charge on any atom is -0.495 e. The van der Waals surface area contributed by atoms with E-state index in [-0.39, 0.29) is 11.7 Å². The summed E-state index contributed by atoms with van der Waals surface area (Å²) in [4.78, 5) is 23.7. The quantitative estimate of drug-likeness (QED) is 0.798. The third kappa shape index (κ3) is 3.00. The Morgan fingerprint density at radius 2 is 2.00 bits per heavy atom. The number of rotatable bonds is 5. The van der Waals surface area contributed by atoms with Crippen molar-refractivity contribution in [3.8, 4) is 5.75 Å². The second kappa shape index (κ2) is 6.15. The molecule has 0 unspecified atom stereocenters. The molecule has 1 saturated carbocycles. The maximum atomic E-state index is 12.5. The highest BCUT2D eigenvalue weighted by Crippen LogP contribution is 2.58. The number of hydrogen-bond donors (Lipinski definition) is 2. The number of nitrogens with one attached hydrogen (secondary N) is 1. The number of carboxylic acids is 1. The third-order valence-electron chi connectivity index (χ3n) is 5.19. The lowest BCUT2D eigenvalue weighted by Gasteiger charge is -2.20. The average Bonchev–Trinajstić information content (AvgIpc) is 2.96. The number of hydrogen-bond acceptors (Lipinski definition) is 5. The number of carboxylic acid groups (broad SMARTS) is 1. The SMILES string of the molecule is COc1ccc(NC(=O)[C@H]2[C@H](C(=O)O)C2(C)C)cc1N1CCCS1(=O)=O. The Kier molecular flexibility index (Phi) is 4.38. The van der Waals surface area contributed by atoms with Gasteiger partial charge in [0, 0.05) is 12.2 Å². The van der Waals surface area contributed by atoms with Crippen LogP contribution in [-0.2, 0) is 19.6 Å². The van der Waals surface area contributed by atoms with Gasteiger partial charge in [-0.1, -0.05) is 13.8 Å². The molecule has 0 bridgehead atoms. The fourth-order valence-corrected chi connectivity index (χ4v) is 5.24. The molecule has 0 radical (unpaired) electrons. The van der Waals surface area contributed by atoms with Gasteiger partial charge >= 0.3 is 5.97 Å². The van der Waals surface area contributed by atoms with Crippen molar-refractivity contribution in [3.05, 3.63) is 18.2 Å². The molecule has 1 saturated heterocycles. The van der Waals surface area contributed by atoms with Crippen molar-refractivity contribution < 1.29 is 27.9 Å². The molecule has 1 aliphatic carbocycles. The first-order chi connectivity index (χ1) is 12.1. The molecule has 2 atom stereocenters. The molecule has 0 spiro atoms. The van der Waals surface area contributed by atoms with Gasteiger partial charge in [0.1, 0.15) is 5.75 Å². The molecule has 2 N–H and O–H groups in total. The molecule has 1 aromatic rings. The zero-order valence-corrected chi connectivity index (χ0v) is 15.7. The van der Waals surface area contributed by atoms with Gasteiger partial charge in [-0.25, -0.2) is 8.42 Å². The number of amides is 1. The fourth-order valence-electron chi connectivity index (χ4n) is 3.68. The van der Waals surface area contributed by atoms with Crippen LogP contribution in [0.1, 0.15) is 20.3 Å². The van der Waals surface area contributed by atoms with Crippen LogP contribution in [0.25, 0.3) is 0 Å². The van der Waals surface area contributed by atoms with Crippen molar-refractivity contribution in [2.75, 3.05) is 29.0 Å². The van der Waals surface area contributed by atoms with E-state index in [0.29, 0.717) is 30.1 Å². The van der Waals surface area contributed by atoms with Crippen molar-refractivity contribution in [3.63, 3.8) is 0 Å². The summed E-state index contributed by atoms with van der Waals surface area (Å²) in [5, 5.41) is 11.9. The molecular formula is C17H22N2O6S. The Labute approximate surface area is 152 Å². The van der Waals surface area contributed by atoms with Crippen molar-refractivity contribution in [2.45, 2.75) is 20.3 Å². The first kappa shape index (κ1) is 18.5. The highest BCUT2D eigenvalue weighted by molar-refractivity contribution is 7.93. The van der Waals surface area contributed by atoms with E-state index in [0.717, 1.165) is 0 Å². The van der Waals surface area contributed by atoms with E-state index in [1.54, 1.807) is 32.0 Å². The normalized spacial score (nSPS) is 25.6. The maximum Gasteiger partial charge on any atom is 0.307 e. The number of benzene rings is 1. The van der Waals surface area contributed by atoms with Crippen LogP contribution in [0.4, 0.5) is 11.4 Å². The molecule has 2 fully saturated rings. The Morgan fingerprint density at radius 3 is 2.50 bits per heavy atom. The van der Waals surface area contributed by atoms with E-state index in [4.69, 9.17) is 4.74 Å². The third-order valence-corrected chi connectivity index (χ3v) is 7.05. The molecule has 3 rings (SSSR count). The number of carbonyl (C=O) groups is 2. The van der Waals surface area contributed by atoms with Gasteiger partial charge in [-0.05, 0) is 30.0 Å². The summed E-state index contributed by atoms with van der Waals surface area (Å²) in [7, 11) is -1.95. The van der Waals surface area contributed by atoms with Crippen molar-refractivity contribution in [1.82, 2.24) is 0 Å². The Morgan fingerprint density at radius 1 is 1.31 bits per heavy atom. The second-order valence-electron chi connectivity index (χ2n) is 7.23. The summed E-state index contributed by atoms with van der Waals surface area (Å²) in [5.41, 5.74) is 0.163. The van der Waals surface area contributed by atoms with Crippen LogP contribution in [0.15, 0.2) is 18.2 Å². The second-order valence-corrected chi connectivity index (χ2v) is 9.25. The number of anilines is 2. The van der Waals surface area contributed by atoms with Gasteiger partial charge < -0.3 is 15.2 Å². The predicted octanol–water partition coefficient (Wildman–Crippen LogP) is 1.53. The van der Waals surface area contributed by atoms with Gasteiger partial charge in [0.2, 0.25) is 15.9 Å². The number of aliphatic carboxylic acids is 1. The van der Waals surface area contributed by atoms with Crippen LogP contribution in [-0.4, -0.2) is 44.8 Å². The largest absolute Gasteiger partial charge is 0.495 e. The van der Waals surface area contributed by atoms with E-state index in [9.17, 15) is 23.1 Å². The van der Waals surface area contributed by atoms with Crippen LogP contribution in [0.5, 0.6) is 5.75 Å². The molecule has 8 nitrogen and oxygen atoms in total. The zero-order valence-electron chi connectivity index (χ0n) is 14.9. The summed E-state index contributed by atoms with van der Waals surface area (Å²) in [6, 6.07) is 4.74. The molecule has 1 aromatic carbocycles.